The summed E-state index contributed by atoms with van der Waals surface area (Å²) in [4.78, 5) is 2.38. The summed E-state index contributed by atoms with van der Waals surface area (Å²) in [7, 11) is 0. The molecular weight excluding hydrogens is 311 g/mol. The molecule has 2 rings (SSSR count). The molecule has 1 aliphatic rings. The van der Waals surface area contributed by atoms with Crippen LogP contribution in [-0.2, 0) is 4.74 Å². The maximum absolute atomic E-state index is 13.3. The van der Waals surface area contributed by atoms with Crippen LogP contribution in [0.2, 0.25) is 0 Å². The van der Waals surface area contributed by atoms with Gasteiger partial charge in [-0.3, -0.25) is 4.90 Å². The van der Waals surface area contributed by atoms with Gasteiger partial charge in [-0.25, -0.2) is 4.39 Å². The Balaban J connectivity index is 2.24. The fourth-order valence-electron chi connectivity index (χ4n) is 2.61. The predicted octanol–water partition coefficient (Wildman–Crippen LogP) is 2.70. The molecule has 0 bridgehead atoms. The zero-order valence-electron chi connectivity index (χ0n) is 11.1. The van der Waals surface area contributed by atoms with Crippen molar-refractivity contribution >= 4 is 15.9 Å². The number of rotatable bonds is 4. The smallest absolute Gasteiger partial charge is 0.137 e. The highest BCUT2D eigenvalue weighted by Crippen LogP contribution is 2.28. The second-order valence-corrected chi connectivity index (χ2v) is 5.65. The quantitative estimate of drug-likeness (QED) is 0.922. The molecule has 1 heterocycles. The Kier molecular flexibility index (Phi) is 5.33. The second-order valence-electron chi connectivity index (χ2n) is 4.80. The number of nitrogens with two attached hydrogens (primary N) is 1. The van der Waals surface area contributed by atoms with Gasteiger partial charge in [-0.05, 0) is 40.0 Å². The third kappa shape index (κ3) is 3.34. The van der Waals surface area contributed by atoms with Crippen molar-refractivity contribution in [2.75, 3.05) is 26.3 Å². The SMILES string of the molecule is CCC1COCCN1C(CN)c1ccc(F)c(Br)c1. The molecule has 0 aromatic heterocycles. The summed E-state index contributed by atoms with van der Waals surface area (Å²) >= 11 is 3.24. The van der Waals surface area contributed by atoms with Crippen LogP contribution < -0.4 is 5.73 Å². The van der Waals surface area contributed by atoms with E-state index in [0.29, 0.717) is 17.1 Å². The van der Waals surface area contributed by atoms with Crippen LogP contribution in [-0.4, -0.2) is 37.2 Å². The van der Waals surface area contributed by atoms with Gasteiger partial charge in [0.1, 0.15) is 5.82 Å². The van der Waals surface area contributed by atoms with Gasteiger partial charge in [-0.1, -0.05) is 13.0 Å². The van der Waals surface area contributed by atoms with Gasteiger partial charge in [0.15, 0.2) is 0 Å². The van der Waals surface area contributed by atoms with Crippen LogP contribution >= 0.6 is 15.9 Å². The molecule has 2 atom stereocenters. The molecule has 1 saturated heterocycles. The second kappa shape index (κ2) is 6.79. The Labute approximate surface area is 122 Å². The lowest BCUT2D eigenvalue weighted by atomic mass is 10.0. The number of morpholine rings is 1. The summed E-state index contributed by atoms with van der Waals surface area (Å²) in [6.45, 7) is 5.02. The maximum atomic E-state index is 13.3. The number of hydrogen-bond donors (Lipinski definition) is 1. The van der Waals surface area contributed by atoms with Crippen LogP contribution in [0.5, 0.6) is 0 Å². The van der Waals surface area contributed by atoms with E-state index in [-0.39, 0.29) is 11.9 Å². The highest BCUT2D eigenvalue weighted by atomic mass is 79.9. The van der Waals surface area contributed by atoms with Crippen molar-refractivity contribution in [2.45, 2.75) is 25.4 Å². The van der Waals surface area contributed by atoms with Crippen molar-refractivity contribution in [3.8, 4) is 0 Å². The van der Waals surface area contributed by atoms with Crippen LogP contribution in [0.1, 0.15) is 24.9 Å². The Morgan fingerprint density at radius 2 is 2.37 bits per heavy atom. The van der Waals surface area contributed by atoms with Crippen molar-refractivity contribution in [1.29, 1.82) is 0 Å². The van der Waals surface area contributed by atoms with Gasteiger partial charge >= 0.3 is 0 Å². The number of halogens is 2. The molecule has 2 N–H and O–H groups in total. The fourth-order valence-corrected chi connectivity index (χ4v) is 3.01. The summed E-state index contributed by atoms with van der Waals surface area (Å²) in [6.07, 6.45) is 1.03. The van der Waals surface area contributed by atoms with Crippen LogP contribution in [0.4, 0.5) is 4.39 Å². The molecule has 0 radical (unpaired) electrons. The highest BCUT2D eigenvalue weighted by Gasteiger charge is 2.28. The zero-order chi connectivity index (χ0) is 13.8. The first-order valence-electron chi connectivity index (χ1n) is 6.65. The van der Waals surface area contributed by atoms with E-state index in [1.807, 2.05) is 12.1 Å². The predicted molar refractivity (Wildman–Crippen MR) is 77.5 cm³/mol. The molecule has 19 heavy (non-hydrogen) atoms. The minimum atomic E-state index is -0.242. The average Bonchev–Trinajstić information content (AvgIpc) is 2.44. The average molecular weight is 331 g/mol. The summed E-state index contributed by atoms with van der Waals surface area (Å²) in [6, 6.07) is 5.63. The summed E-state index contributed by atoms with van der Waals surface area (Å²) in [5, 5.41) is 0. The third-order valence-corrected chi connectivity index (χ3v) is 4.30. The van der Waals surface area contributed by atoms with Crippen LogP contribution in [0, 0.1) is 5.82 Å². The lowest BCUT2D eigenvalue weighted by Gasteiger charge is -2.40. The van der Waals surface area contributed by atoms with Crippen LogP contribution in [0.25, 0.3) is 0 Å². The Morgan fingerprint density at radius 3 is 3.00 bits per heavy atom. The first-order valence-corrected chi connectivity index (χ1v) is 7.45. The normalized spacial score (nSPS) is 22.4. The Bertz CT molecular complexity index is 430. The molecule has 3 nitrogen and oxygen atoms in total. The summed E-state index contributed by atoms with van der Waals surface area (Å²) < 4.78 is 19.4. The molecule has 1 aliphatic heterocycles. The molecule has 0 amide bonds. The summed E-state index contributed by atoms with van der Waals surface area (Å²) in [5.74, 6) is -0.242. The maximum Gasteiger partial charge on any atom is 0.137 e. The van der Waals surface area contributed by atoms with Gasteiger partial charge in [-0.15, -0.1) is 0 Å². The van der Waals surface area contributed by atoms with Crippen molar-refractivity contribution < 1.29 is 9.13 Å². The third-order valence-electron chi connectivity index (χ3n) is 3.70. The van der Waals surface area contributed by atoms with Gasteiger partial charge in [0.2, 0.25) is 0 Å². The van der Waals surface area contributed by atoms with Crippen molar-refractivity contribution in [3.05, 3.63) is 34.1 Å². The van der Waals surface area contributed by atoms with Crippen molar-refractivity contribution in [2.24, 2.45) is 5.73 Å². The van der Waals surface area contributed by atoms with Gasteiger partial charge in [0.25, 0.3) is 0 Å². The molecule has 0 saturated carbocycles. The molecule has 1 fully saturated rings. The van der Waals surface area contributed by atoms with Gasteiger partial charge < -0.3 is 10.5 Å². The minimum absolute atomic E-state index is 0.116. The van der Waals surface area contributed by atoms with Crippen LogP contribution in [0.15, 0.2) is 22.7 Å². The number of benzene rings is 1. The van der Waals surface area contributed by atoms with Crippen molar-refractivity contribution in [3.63, 3.8) is 0 Å². The standard InChI is InChI=1S/C14H20BrFN2O/c1-2-11-9-19-6-5-18(11)14(8-17)10-3-4-13(16)12(15)7-10/h3-4,7,11,14H,2,5-6,8-9,17H2,1H3. The molecule has 2 unspecified atom stereocenters. The molecule has 0 spiro atoms. The first-order chi connectivity index (χ1) is 9.17. The molecule has 0 aliphatic carbocycles. The summed E-state index contributed by atoms with van der Waals surface area (Å²) in [5.41, 5.74) is 7.00. The Morgan fingerprint density at radius 1 is 1.58 bits per heavy atom. The van der Waals surface area contributed by atoms with E-state index in [0.717, 1.165) is 31.7 Å². The number of ether oxygens (including phenoxy) is 1. The molecule has 106 valence electrons. The molecule has 1 aromatic carbocycles. The van der Waals surface area contributed by atoms with E-state index in [2.05, 4.69) is 27.8 Å². The van der Waals surface area contributed by atoms with E-state index in [1.165, 1.54) is 6.07 Å². The zero-order valence-corrected chi connectivity index (χ0v) is 12.7. The van der Waals surface area contributed by atoms with E-state index >= 15 is 0 Å². The van der Waals surface area contributed by atoms with Gasteiger partial charge in [0, 0.05) is 25.2 Å². The highest BCUT2D eigenvalue weighted by molar-refractivity contribution is 9.10. The lowest BCUT2D eigenvalue weighted by Crippen LogP contribution is -2.48. The number of hydrogen-bond acceptors (Lipinski definition) is 3. The molecular formula is C14H20BrFN2O. The van der Waals surface area contributed by atoms with E-state index in [4.69, 9.17) is 10.5 Å². The minimum Gasteiger partial charge on any atom is -0.378 e. The molecule has 1 aromatic rings. The largest absolute Gasteiger partial charge is 0.378 e. The van der Waals surface area contributed by atoms with Gasteiger partial charge in [-0.2, -0.15) is 0 Å². The van der Waals surface area contributed by atoms with Crippen LogP contribution in [0.3, 0.4) is 0 Å². The monoisotopic (exact) mass is 330 g/mol. The van der Waals surface area contributed by atoms with Gasteiger partial charge in [0.05, 0.1) is 17.7 Å². The topological polar surface area (TPSA) is 38.5 Å². The lowest BCUT2D eigenvalue weighted by molar-refractivity contribution is -0.0291. The van der Waals surface area contributed by atoms with E-state index < -0.39 is 0 Å². The Hall–Kier alpha value is -0.490. The fraction of sp³-hybridized carbons (Fsp3) is 0.571. The van der Waals surface area contributed by atoms with E-state index in [1.54, 1.807) is 0 Å². The molecule has 5 heteroatoms. The number of nitrogens with zero attached hydrogens (tertiary/aromatic N) is 1. The first kappa shape index (κ1) is 14.9. The van der Waals surface area contributed by atoms with Crippen molar-refractivity contribution in [1.82, 2.24) is 4.90 Å². The van der Waals surface area contributed by atoms with E-state index in [9.17, 15) is 4.39 Å².